The van der Waals surface area contributed by atoms with Crippen LogP contribution in [-0.2, 0) is 6.54 Å². The molecule has 7 nitrogen and oxygen atoms in total. The Hall–Kier alpha value is -2.67. The average Bonchev–Trinajstić information content (AvgIpc) is 2.55. The second-order valence-electron chi connectivity index (χ2n) is 4.25. The Morgan fingerprint density at radius 3 is 2.76 bits per heavy atom. The van der Waals surface area contributed by atoms with Crippen molar-refractivity contribution < 1.29 is 9.94 Å². The van der Waals surface area contributed by atoms with Crippen molar-refractivity contribution in [2.24, 2.45) is 10.9 Å². The highest BCUT2D eigenvalue weighted by Gasteiger charge is 2.00. The number of aromatic nitrogens is 2. The van der Waals surface area contributed by atoms with E-state index < -0.39 is 0 Å². The lowest BCUT2D eigenvalue weighted by atomic mass is 10.2. The van der Waals surface area contributed by atoms with Gasteiger partial charge in [0.15, 0.2) is 5.84 Å². The van der Waals surface area contributed by atoms with Crippen molar-refractivity contribution in [1.29, 1.82) is 0 Å². The van der Waals surface area contributed by atoms with E-state index in [0.717, 1.165) is 11.4 Å². The monoisotopic (exact) mass is 287 g/mol. The molecule has 0 aliphatic carbocycles. The predicted molar refractivity (Wildman–Crippen MR) is 78.2 cm³/mol. The molecule has 1 heterocycles. The van der Waals surface area contributed by atoms with Crippen molar-refractivity contribution in [3.05, 3.63) is 53.9 Å². The lowest BCUT2D eigenvalue weighted by molar-refractivity contribution is 0.313. The summed E-state index contributed by atoms with van der Waals surface area (Å²) in [6, 6.07) is 10.8. The minimum atomic E-state index is 0.0761. The molecule has 7 heteroatoms. The first kappa shape index (κ1) is 14.7. The van der Waals surface area contributed by atoms with E-state index in [-0.39, 0.29) is 5.84 Å². The third-order valence-electron chi connectivity index (χ3n) is 2.74. The van der Waals surface area contributed by atoms with Gasteiger partial charge in [0.05, 0.1) is 5.69 Å². The molecule has 0 unspecified atom stereocenters. The molecule has 0 amide bonds. The average molecular weight is 287 g/mol. The van der Waals surface area contributed by atoms with E-state index in [0.29, 0.717) is 25.3 Å². The lowest BCUT2D eigenvalue weighted by Crippen LogP contribution is -2.21. The summed E-state index contributed by atoms with van der Waals surface area (Å²) < 4.78 is 5.57. The van der Waals surface area contributed by atoms with Gasteiger partial charge in [-0.1, -0.05) is 5.16 Å². The van der Waals surface area contributed by atoms with E-state index in [2.05, 4.69) is 20.7 Å². The standard InChI is InChI=1S/C14H17N5O2/c15-14(19-20)11-3-5-13(6-4-11)21-9-8-16-10-12-2-1-7-17-18-12/h1-7,16,20H,8-10H2,(H2,15,19). The quantitative estimate of drug-likeness (QED) is 0.228. The molecule has 0 saturated heterocycles. The smallest absolute Gasteiger partial charge is 0.170 e. The molecular weight excluding hydrogens is 270 g/mol. The largest absolute Gasteiger partial charge is 0.492 e. The molecule has 2 rings (SSSR count). The van der Waals surface area contributed by atoms with Gasteiger partial charge in [-0.25, -0.2) is 0 Å². The Morgan fingerprint density at radius 2 is 2.10 bits per heavy atom. The van der Waals surface area contributed by atoms with Crippen LogP contribution in [0.4, 0.5) is 0 Å². The van der Waals surface area contributed by atoms with Gasteiger partial charge in [0.1, 0.15) is 12.4 Å². The highest BCUT2D eigenvalue weighted by molar-refractivity contribution is 5.97. The number of nitrogens with two attached hydrogens (primary N) is 1. The lowest BCUT2D eigenvalue weighted by Gasteiger charge is -2.07. The van der Waals surface area contributed by atoms with E-state index in [1.807, 2.05) is 12.1 Å². The van der Waals surface area contributed by atoms with Crippen molar-refractivity contribution in [1.82, 2.24) is 15.5 Å². The van der Waals surface area contributed by atoms with Crippen molar-refractivity contribution >= 4 is 5.84 Å². The van der Waals surface area contributed by atoms with Gasteiger partial charge in [0.25, 0.3) is 0 Å². The van der Waals surface area contributed by atoms with E-state index in [4.69, 9.17) is 15.7 Å². The summed E-state index contributed by atoms with van der Waals surface area (Å²) in [7, 11) is 0. The van der Waals surface area contributed by atoms with Gasteiger partial charge in [-0.3, -0.25) is 0 Å². The van der Waals surface area contributed by atoms with Gasteiger partial charge in [0, 0.05) is 24.8 Å². The molecule has 2 aromatic rings. The van der Waals surface area contributed by atoms with E-state index in [1.165, 1.54) is 0 Å². The summed E-state index contributed by atoms with van der Waals surface area (Å²) in [5.41, 5.74) is 7.01. The number of rotatable bonds is 7. The molecule has 21 heavy (non-hydrogen) atoms. The van der Waals surface area contributed by atoms with E-state index >= 15 is 0 Å². The number of nitrogens with one attached hydrogen (secondary N) is 1. The first-order valence-electron chi connectivity index (χ1n) is 6.47. The summed E-state index contributed by atoms with van der Waals surface area (Å²) in [5.74, 6) is 0.804. The molecule has 0 radical (unpaired) electrons. The SMILES string of the molecule is N/C(=N/O)c1ccc(OCCNCc2cccnn2)cc1. The topological polar surface area (TPSA) is 106 Å². The minimum Gasteiger partial charge on any atom is -0.492 e. The van der Waals surface area contributed by atoms with Gasteiger partial charge in [-0.15, -0.1) is 0 Å². The van der Waals surface area contributed by atoms with Crippen molar-refractivity contribution in [2.45, 2.75) is 6.54 Å². The third-order valence-corrected chi connectivity index (χ3v) is 2.74. The molecule has 0 atom stereocenters. The van der Waals surface area contributed by atoms with Crippen LogP contribution in [0, 0.1) is 0 Å². The number of hydrogen-bond donors (Lipinski definition) is 3. The first-order valence-corrected chi connectivity index (χ1v) is 6.47. The molecule has 0 aliphatic rings. The zero-order chi connectivity index (χ0) is 14.9. The zero-order valence-corrected chi connectivity index (χ0v) is 11.4. The van der Waals surface area contributed by atoms with Gasteiger partial charge in [0.2, 0.25) is 0 Å². The van der Waals surface area contributed by atoms with Crippen LogP contribution in [0.3, 0.4) is 0 Å². The number of amidine groups is 1. The van der Waals surface area contributed by atoms with Crippen molar-refractivity contribution in [3.8, 4) is 5.75 Å². The molecule has 0 fully saturated rings. The van der Waals surface area contributed by atoms with Crippen molar-refractivity contribution in [2.75, 3.05) is 13.2 Å². The molecule has 0 bridgehead atoms. The summed E-state index contributed by atoms with van der Waals surface area (Å²) in [6.45, 7) is 1.88. The van der Waals surface area contributed by atoms with Gasteiger partial charge < -0.3 is 21.0 Å². The minimum absolute atomic E-state index is 0.0761. The van der Waals surface area contributed by atoms with Crippen LogP contribution in [0.15, 0.2) is 47.8 Å². The number of hydrogen-bond acceptors (Lipinski definition) is 6. The molecule has 4 N–H and O–H groups in total. The molecule has 1 aromatic carbocycles. The molecular formula is C14H17N5O2. The fraction of sp³-hybridized carbons (Fsp3) is 0.214. The summed E-state index contributed by atoms with van der Waals surface area (Å²) in [4.78, 5) is 0. The van der Waals surface area contributed by atoms with Crippen LogP contribution in [0.1, 0.15) is 11.3 Å². The maximum absolute atomic E-state index is 8.57. The Morgan fingerprint density at radius 1 is 1.29 bits per heavy atom. The molecule has 0 saturated carbocycles. The maximum atomic E-state index is 8.57. The Labute approximate surface area is 122 Å². The summed E-state index contributed by atoms with van der Waals surface area (Å²) >= 11 is 0. The summed E-state index contributed by atoms with van der Waals surface area (Å²) in [5, 5.41) is 22.5. The Bertz CT molecular complexity index is 572. The second-order valence-corrected chi connectivity index (χ2v) is 4.25. The number of ether oxygens (including phenoxy) is 1. The third kappa shape index (κ3) is 4.73. The van der Waals surface area contributed by atoms with Crippen LogP contribution >= 0.6 is 0 Å². The molecule has 1 aromatic heterocycles. The van der Waals surface area contributed by atoms with Crippen LogP contribution in [-0.4, -0.2) is 34.4 Å². The highest BCUT2D eigenvalue weighted by atomic mass is 16.5. The predicted octanol–water partition coefficient (Wildman–Crippen LogP) is 0.740. The zero-order valence-electron chi connectivity index (χ0n) is 11.4. The normalized spacial score (nSPS) is 11.3. The number of oxime groups is 1. The summed E-state index contributed by atoms with van der Waals surface area (Å²) in [6.07, 6.45) is 1.64. The fourth-order valence-electron chi connectivity index (χ4n) is 1.66. The number of nitrogens with zero attached hydrogens (tertiary/aromatic N) is 3. The highest BCUT2D eigenvalue weighted by Crippen LogP contribution is 2.11. The van der Waals surface area contributed by atoms with Gasteiger partial charge in [-0.2, -0.15) is 10.2 Å². The maximum Gasteiger partial charge on any atom is 0.170 e. The Balaban J connectivity index is 1.69. The van der Waals surface area contributed by atoms with Crippen molar-refractivity contribution in [3.63, 3.8) is 0 Å². The Kier molecular flexibility index (Phi) is 5.48. The molecule has 0 spiro atoms. The van der Waals surface area contributed by atoms with Gasteiger partial charge in [-0.05, 0) is 36.4 Å². The molecule has 110 valence electrons. The van der Waals surface area contributed by atoms with Crippen LogP contribution in [0.5, 0.6) is 5.75 Å². The van der Waals surface area contributed by atoms with Crippen LogP contribution in [0.2, 0.25) is 0 Å². The first-order chi connectivity index (χ1) is 10.3. The van der Waals surface area contributed by atoms with Gasteiger partial charge >= 0.3 is 0 Å². The molecule has 0 aliphatic heterocycles. The van der Waals surface area contributed by atoms with Crippen LogP contribution < -0.4 is 15.8 Å². The van der Waals surface area contributed by atoms with Crippen LogP contribution in [0.25, 0.3) is 0 Å². The van der Waals surface area contributed by atoms with E-state index in [1.54, 1.807) is 30.5 Å². The second kappa shape index (κ2) is 7.81. The number of benzene rings is 1. The fourth-order valence-corrected chi connectivity index (χ4v) is 1.66. The van der Waals surface area contributed by atoms with E-state index in [9.17, 15) is 0 Å².